The quantitative estimate of drug-likeness (QED) is 0.656. The van der Waals surface area contributed by atoms with E-state index in [1.54, 1.807) is 37.4 Å². The summed E-state index contributed by atoms with van der Waals surface area (Å²) >= 11 is 12.1. The first-order valence-electron chi connectivity index (χ1n) is 7.57. The maximum atomic E-state index is 12.3. The van der Waals surface area contributed by atoms with E-state index < -0.39 is 5.91 Å². The van der Waals surface area contributed by atoms with Crippen LogP contribution >= 0.6 is 23.2 Å². The fraction of sp³-hybridized carbons (Fsp3) is 0.0556. The lowest BCUT2D eigenvalue weighted by atomic mass is 10.3. The lowest BCUT2D eigenvalue weighted by molar-refractivity contribution is 0.102. The molecule has 0 bridgehead atoms. The summed E-state index contributed by atoms with van der Waals surface area (Å²) in [6.07, 6.45) is 0. The minimum absolute atomic E-state index is 0.131. The smallest absolute Gasteiger partial charge is 0.276 e. The molecule has 2 N–H and O–H groups in total. The van der Waals surface area contributed by atoms with Crippen LogP contribution in [0.15, 0.2) is 54.6 Å². The average molecular weight is 389 g/mol. The van der Waals surface area contributed by atoms with Gasteiger partial charge in [-0.2, -0.15) is 0 Å². The van der Waals surface area contributed by atoms with Gasteiger partial charge in [0.15, 0.2) is 11.5 Å². The highest BCUT2D eigenvalue weighted by molar-refractivity contribution is 6.39. The van der Waals surface area contributed by atoms with E-state index in [0.717, 1.165) is 5.69 Å². The van der Waals surface area contributed by atoms with Gasteiger partial charge >= 0.3 is 0 Å². The fourth-order valence-electron chi connectivity index (χ4n) is 2.20. The predicted molar refractivity (Wildman–Crippen MR) is 103 cm³/mol. The standard InChI is InChI=1S/C18H14Cl2N4O2/c1-26-15-8-3-2-7-13(15)21-16-10-9-14(23-24-16)18(25)22-17-11(19)5-4-6-12(17)20/h2-10H,1H3,(H,21,24)(H,22,25). The molecule has 3 rings (SSSR count). The second kappa shape index (κ2) is 8.03. The third-order valence-electron chi connectivity index (χ3n) is 3.47. The molecule has 26 heavy (non-hydrogen) atoms. The highest BCUT2D eigenvalue weighted by Gasteiger charge is 2.13. The number of hydrogen-bond donors (Lipinski definition) is 2. The van der Waals surface area contributed by atoms with Crippen molar-refractivity contribution >= 4 is 46.3 Å². The third kappa shape index (κ3) is 4.04. The van der Waals surface area contributed by atoms with Gasteiger partial charge in [-0.05, 0) is 36.4 Å². The van der Waals surface area contributed by atoms with Crippen molar-refractivity contribution in [2.24, 2.45) is 0 Å². The molecule has 1 amide bonds. The number of amides is 1. The Kier molecular flexibility index (Phi) is 5.55. The van der Waals surface area contributed by atoms with Crippen molar-refractivity contribution in [3.63, 3.8) is 0 Å². The summed E-state index contributed by atoms with van der Waals surface area (Å²) in [5, 5.41) is 14.4. The number of ether oxygens (including phenoxy) is 1. The van der Waals surface area contributed by atoms with Crippen molar-refractivity contribution in [1.29, 1.82) is 0 Å². The molecular formula is C18H14Cl2N4O2. The molecule has 6 nitrogen and oxygen atoms in total. The van der Waals surface area contributed by atoms with E-state index in [2.05, 4.69) is 20.8 Å². The van der Waals surface area contributed by atoms with Crippen molar-refractivity contribution < 1.29 is 9.53 Å². The van der Waals surface area contributed by atoms with Crippen LogP contribution in [0.3, 0.4) is 0 Å². The molecule has 0 atom stereocenters. The molecule has 132 valence electrons. The molecular weight excluding hydrogens is 375 g/mol. The minimum atomic E-state index is -0.462. The van der Waals surface area contributed by atoms with Crippen molar-refractivity contribution in [3.05, 3.63) is 70.3 Å². The monoisotopic (exact) mass is 388 g/mol. The topological polar surface area (TPSA) is 76.1 Å². The van der Waals surface area contributed by atoms with Gasteiger partial charge in [0.05, 0.1) is 28.5 Å². The molecule has 0 aliphatic rings. The molecule has 0 radical (unpaired) electrons. The van der Waals surface area contributed by atoms with E-state index in [1.165, 1.54) is 0 Å². The zero-order chi connectivity index (χ0) is 18.5. The summed E-state index contributed by atoms with van der Waals surface area (Å²) in [7, 11) is 1.58. The van der Waals surface area contributed by atoms with Crippen LogP contribution in [0.4, 0.5) is 17.2 Å². The van der Waals surface area contributed by atoms with E-state index in [-0.39, 0.29) is 5.69 Å². The Morgan fingerprint density at radius 3 is 2.35 bits per heavy atom. The SMILES string of the molecule is COc1ccccc1Nc1ccc(C(=O)Nc2c(Cl)cccc2Cl)nn1. The number of rotatable bonds is 5. The number of anilines is 3. The number of carbonyl (C=O) groups is 1. The first-order valence-corrected chi connectivity index (χ1v) is 8.33. The van der Waals surface area contributed by atoms with Crippen molar-refractivity contribution in [2.75, 3.05) is 17.7 Å². The van der Waals surface area contributed by atoms with Gasteiger partial charge in [0.1, 0.15) is 5.75 Å². The Hall–Kier alpha value is -2.83. The Labute approximate surface area is 160 Å². The van der Waals surface area contributed by atoms with E-state index in [9.17, 15) is 4.79 Å². The Morgan fingerprint density at radius 1 is 0.962 bits per heavy atom. The number of benzene rings is 2. The van der Waals surface area contributed by atoms with Crippen LogP contribution < -0.4 is 15.4 Å². The van der Waals surface area contributed by atoms with Gasteiger partial charge in [-0.1, -0.05) is 41.4 Å². The molecule has 0 saturated carbocycles. The van der Waals surface area contributed by atoms with Crippen LogP contribution in [0, 0.1) is 0 Å². The Balaban J connectivity index is 1.74. The summed E-state index contributed by atoms with van der Waals surface area (Å²) in [6, 6.07) is 15.6. The predicted octanol–water partition coefficient (Wildman–Crippen LogP) is 4.79. The molecule has 1 heterocycles. The molecule has 2 aromatic carbocycles. The summed E-state index contributed by atoms with van der Waals surface area (Å²) in [5.74, 6) is 0.683. The second-order valence-electron chi connectivity index (χ2n) is 5.18. The van der Waals surface area contributed by atoms with Gasteiger partial charge in [0.2, 0.25) is 0 Å². The van der Waals surface area contributed by atoms with Crippen LogP contribution in [-0.4, -0.2) is 23.2 Å². The molecule has 0 fully saturated rings. The molecule has 1 aromatic heterocycles. The van der Waals surface area contributed by atoms with E-state index in [0.29, 0.717) is 27.3 Å². The highest BCUT2D eigenvalue weighted by atomic mass is 35.5. The molecule has 8 heteroatoms. The van der Waals surface area contributed by atoms with Crippen molar-refractivity contribution in [2.45, 2.75) is 0 Å². The van der Waals surface area contributed by atoms with E-state index in [4.69, 9.17) is 27.9 Å². The van der Waals surface area contributed by atoms with E-state index in [1.807, 2.05) is 24.3 Å². The highest BCUT2D eigenvalue weighted by Crippen LogP contribution is 2.30. The molecule has 3 aromatic rings. The number of para-hydroxylation sites is 3. The van der Waals surface area contributed by atoms with Crippen LogP contribution in [0.25, 0.3) is 0 Å². The number of carbonyl (C=O) groups excluding carboxylic acids is 1. The number of halogens is 2. The van der Waals surface area contributed by atoms with Crippen LogP contribution in [0.5, 0.6) is 5.75 Å². The zero-order valence-corrected chi connectivity index (χ0v) is 15.2. The van der Waals surface area contributed by atoms with Gasteiger partial charge in [-0.3, -0.25) is 4.79 Å². The van der Waals surface area contributed by atoms with Crippen LogP contribution in [0.2, 0.25) is 10.0 Å². The zero-order valence-electron chi connectivity index (χ0n) is 13.7. The number of nitrogens with zero attached hydrogens (tertiary/aromatic N) is 2. The summed E-state index contributed by atoms with van der Waals surface area (Å²) < 4.78 is 5.27. The summed E-state index contributed by atoms with van der Waals surface area (Å²) in [4.78, 5) is 12.3. The molecule has 0 aliphatic heterocycles. The maximum Gasteiger partial charge on any atom is 0.276 e. The molecule has 0 unspecified atom stereocenters. The number of nitrogens with one attached hydrogen (secondary N) is 2. The molecule has 0 saturated heterocycles. The first kappa shape index (κ1) is 18.0. The Morgan fingerprint density at radius 2 is 1.69 bits per heavy atom. The fourth-order valence-corrected chi connectivity index (χ4v) is 2.69. The number of hydrogen-bond acceptors (Lipinski definition) is 5. The normalized spacial score (nSPS) is 10.3. The maximum absolute atomic E-state index is 12.3. The number of methoxy groups -OCH3 is 1. The number of aromatic nitrogens is 2. The van der Waals surface area contributed by atoms with Crippen LogP contribution in [0.1, 0.15) is 10.5 Å². The van der Waals surface area contributed by atoms with Crippen LogP contribution in [-0.2, 0) is 0 Å². The summed E-state index contributed by atoms with van der Waals surface area (Å²) in [6.45, 7) is 0. The van der Waals surface area contributed by atoms with Gasteiger partial charge in [0.25, 0.3) is 5.91 Å². The van der Waals surface area contributed by atoms with E-state index >= 15 is 0 Å². The second-order valence-corrected chi connectivity index (χ2v) is 5.99. The lowest BCUT2D eigenvalue weighted by Crippen LogP contribution is -2.15. The largest absolute Gasteiger partial charge is 0.495 e. The van der Waals surface area contributed by atoms with Crippen molar-refractivity contribution in [1.82, 2.24) is 10.2 Å². The summed E-state index contributed by atoms with van der Waals surface area (Å²) in [5.41, 5.74) is 1.20. The minimum Gasteiger partial charge on any atom is -0.495 e. The first-order chi connectivity index (χ1) is 12.6. The molecule has 0 spiro atoms. The van der Waals surface area contributed by atoms with Crippen molar-refractivity contribution in [3.8, 4) is 5.75 Å². The van der Waals surface area contributed by atoms with Gasteiger partial charge in [-0.15, -0.1) is 10.2 Å². The Bertz CT molecular complexity index is 912. The van der Waals surface area contributed by atoms with Gasteiger partial charge in [-0.25, -0.2) is 0 Å². The third-order valence-corrected chi connectivity index (χ3v) is 4.10. The average Bonchev–Trinajstić information content (AvgIpc) is 2.66. The lowest BCUT2D eigenvalue weighted by Gasteiger charge is -2.10. The van der Waals surface area contributed by atoms with Gasteiger partial charge in [0, 0.05) is 0 Å². The van der Waals surface area contributed by atoms with Gasteiger partial charge < -0.3 is 15.4 Å². The molecule has 0 aliphatic carbocycles.